The lowest BCUT2D eigenvalue weighted by Crippen LogP contribution is -2.42. The van der Waals surface area contributed by atoms with Crippen molar-refractivity contribution in [3.05, 3.63) is 23.0 Å². The van der Waals surface area contributed by atoms with E-state index in [1.807, 2.05) is 0 Å². The molecule has 1 amide bonds. The first kappa shape index (κ1) is 18.6. The highest BCUT2D eigenvalue weighted by molar-refractivity contribution is 6.29. The van der Waals surface area contributed by atoms with Crippen molar-refractivity contribution < 1.29 is 18.7 Å². The summed E-state index contributed by atoms with van der Waals surface area (Å²) in [5.41, 5.74) is -1.14. The molecule has 2 unspecified atom stereocenters. The van der Waals surface area contributed by atoms with Gasteiger partial charge in [-0.25, -0.2) is 13.8 Å². The van der Waals surface area contributed by atoms with Crippen LogP contribution >= 0.6 is 11.6 Å². The van der Waals surface area contributed by atoms with Crippen LogP contribution in [0.2, 0.25) is 5.15 Å². The van der Waals surface area contributed by atoms with E-state index in [2.05, 4.69) is 15.6 Å². The molecule has 0 fully saturated rings. The van der Waals surface area contributed by atoms with Gasteiger partial charge in [0.05, 0.1) is 29.4 Å². The highest BCUT2D eigenvalue weighted by Crippen LogP contribution is 2.20. The third-order valence-electron chi connectivity index (χ3n) is 2.96. The molecular formula is C14H20ClF2N3O2. The minimum atomic E-state index is -1.63. The lowest BCUT2D eigenvalue weighted by atomic mass is 10.0. The Labute approximate surface area is 133 Å². The molecule has 124 valence electrons. The Morgan fingerprint density at radius 1 is 1.55 bits per heavy atom. The molecule has 0 radical (unpaired) electrons. The number of halogens is 3. The zero-order valence-electron chi connectivity index (χ0n) is 12.7. The molecule has 8 heteroatoms. The van der Waals surface area contributed by atoms with Gasteiger partial charge in [-0.3, -0.25) is 4.79 Å². The molecule has 0 aliphatic heterocycles. The second-order valence-corrected chi connectivity index (χ2v) is 5.97. The molecule has 0 spiro atoms. The van der Waals surface area contributed by atoms with E-state index in [4.69, 9.17) is 11.6 Å². The molecule has 0 aromatic carbocycles. The van der Waals surface area contributed by atoms with Gasteiger partial charge in [0.2, 0.25) is 0 Å². The molecule has 0 aliphatic rings. The van der Waals surface area contributed by atoms with E-state index in [0.717, 1.165) is 0 Å². The molecular weight excluding hydrogens is 316 g/mol. The van der Waals surface area contributed by atoms with Crippen LogP contribution in [0.15, 0.2) is 12.3 Å². The predicted molar refractivity (Wildman–Crippen MR) is 81.8 cm³/mol. The average Bonchev–Trinajstić information content (AvgIpc) is 2.43. The monoisotopic (exact) mass is 335 g/mol. The number of rotatable bonds is 7. The van der Waals surface area contributed by atoms with Crippen molar-refractivity contribution in [1.29, 1.82) is 0 Å². The van der Waals surface area contributed by atoms with Crippen molar-refractivity contribution in [2.45, 2.75) is 38.6 Å². The number of nitrogens with one attached hydrogen (secondary N) is 2. The summed E-state index contributed by atoms with van der Waals surface area (Å²) >= 11 is 5.77. The maximum absolute atomic E-state index is 13.6. The summed E-state index contributed by atoms with van der Waals surface area (Å²) in [6.07, 6.45) is -0.402. The summed E-state index contributed by atoms with van der Waals surface area (Å²) in [6, 6.07) is 0.876. The maximum Gasteiger partial charge on any atom is 0.255 e. The van der Waals surface area contributed by atoms with Gasteiger partial charge in [-0.2, -0.15) is 0 Å². The second kappa shape index (κ2) is 7.69. The summed E-state index contributed by atoms with van der Waals surface area (Å²) in [6.45, 7) is 3.23. The van der Waals surface area contributed by atoms with Gasteiger partial charge in [0.15, 0.2) is 0 Å². The van der Waals surface area contributed by atoms with Crippen molar-refractivity contribution in [1.82, 2.24) is 10.3 Å². The van der Waals surface area contributed by atoms with E-state index in [1.165, 1.54) is 26.1 Å². The quantitative estimate of drug-likeness (QED) is 0.669. The molecule has 0 saturated heterocycles. The van der Waals surface area contributed by atoms with Gasteiger partial charge in [-0.15, -0.1) is 0 Å². The van der Waals surface area contributed by atoms with Crippen LogP contribution < -0.4 is 10.6 Å². The first-order valence-electron chi connectivity index (χ1n) is 6.77. The van der Waals surface area contributed by atoms with Crippen LogP contribution in [0, 0.1) is 0 Å². The van der Waals surface area contributed by atoms with Crippen molar-refractivity contribution in [3.63, 3.8) is 0 Å². The van der Waals surface area contributed by atoms with Crippen LogP contribution in [-0.2, 0) is 0 Å². The van der Waals surface area contributed by atoms with Gasteiger partial charge in [-0.05, 0) is 26.8 Å². The van der Waals surface area contributed by atoms with Crippen LogP contribution in [0.4, 0.5) is 14.5 Å². The van der Waals surface area contributed by atoms with Crippen molar-refractivity contribution in [3.8, 4) is 0 Å². The van der Waals surface area contributed by atoms with Crippen molar-refractivity contribution in [2.24, 2.45) is 0 Å². The summed E-state index contributed by atoms with van der Waals surface area (Å²) in [5, 5.41) is 14.8. The third-order valence-corrected chi connectivity index (χ3v) is 3.16. The fraction of sp³-hybridized carbons (Fsp3) is 0.571. The molecule has 3 N–H and O–H groups in total. The molecule has 2 atom stereocenters. The number of hydrogen-bond donors (Lipinski definition) is 3. The minimum Gasteiger partial charge on any atom is -0.387 e. The Balaban J connectivity index is 2.84. The van der Waals surface area contributed by atoms with Gasteiger partial charge in [0.1, 0.15) is 18.0 Å². The summed E-state index contributed by atoms with van der Waals surface area (Å²) in [4.78, 5) is 15.9. The van der Waals surface area contributed by atoms with E-state index < -0.39 is 30.4 Å². The van der Waals surface area contributed by atoms with Crippen LogP contribution in [0.3, 0.4) is 0 Å². The Morgan fingerprint density at radius 2 is 2.18 bits per heavy atom. The Hall–Kier alpha value is -1.47. The first-order chi connectivity index (χ1) is 10.1. The highest BCUT2D eigenvalue weighted by Gasteiger charge is 2.27. The van der Waals surface area contributed by atoms with E-state index in [9.17, 15) is 18.7 Å². The second-order valence-electron chi connectivity index (χ2n) is 5.58. The molecule has 5 nitrogen and oxygen atoms in total. The van der Waals surface area contributed by atoms with Gasteiger partial charge < -0.3 is 15.7 Å². The third kappa shape index (κ3) is 5.38. The molecule has 0 saturated carbocycles. The number of amides is 1. The van der Waals surface area contributed by atoms with Crippen LogP contribution in [0.25, 0.3) is 0 Å². The number of carbonyl (C=O) groups excluding carboxylic acids is 1. The Kier molecular flexibility index (Phi) is 6.49. The van der Waals surface area contributed by atoms with E-state index in [0.29, 0.717) is 5.69 Å². The summed E-state index contributed by atoms with van der Waals surface area (Å²) in [7, 11) is 0. The fourth-order valence-electron chi connectivity index (χ4n) is 1.56. The molecule has 0 aliphatic carbocycles. The van der Waals surface area contributed by atoms with Gasteiger partial charge in [0, 0.05) is 6.20 Å². The zero-order chi connectivity index (χ0) is 16.9. The summed E-state index contributed by atoms with van der Waals surface area (Å²) < 4.78 is 26.3. The number of carbonyl (C=O) groups is 1. The summed E-state index contributed by atoms with van der Waals surface area (Å²) in [5.74, 6) is -0.593. The number of nitrogens with zero attached hydrogens (tertiary/aromatic N) is 1. The average molecular weight is 336 g/mol. The zero-order valence-corrected chi connectivity index (χ0v) is 13.4. The Morgan fingerprint density at radius 3 is 2.73 bits per heavy atom. The number of aliphatic hydroxyl groups is 1. The van der Waals surface area contributed by atoms with E-state index in [-0.39, 0.29) is 17.3 Å². The van der Waals surface area contributed by atoms with Crippen molar-refractivity contribution in [2.75, 3.05) is 18.5 Å². The van der Waals surface area contributed by atoms with Crippen LogP contribution in [0.1, 0.15) is 31.1 Å². The molecule has 1 rings (SSSR count). The molecule has 1 heterocycles. The lowest BCUT2D eigenvalue weighted by molar-refractivity contribution is -0.00177. The smallest absolute Gasteiger partial charge is 0.255 e. The van der Waals surface area contributed by atoms with Gasteiger partial charge in [-0.1, -0.05) is 11.6 Å². The largest absolute Gasteiger partial charge is 0.387 e. The highest BCUT2D eigenvalue weighted by atomic mass is 35.5. The minimum absolute atomic E-state index is 0.118. The fourth-order valence-corrected chi connectivity index (χ4v) is 1.72. The van der Waals surface area contributed by atoms with Crippen LogP contribution in [0.5, 0.6) is 0 Å². The van der Waals surface area contributed by atoms with Gasteiger partial charge in [0.25, 0.3) is 5.91 Å². The van der Waals surface area contributed by atoms with Gasteiger partial charge >= 0.3 is 0 Å². The topological polar surface area (TPSA) is 74.2 Å². The first-order valence-corrected chi connectivity index (χ1v) is 7.15. The number of alkyl halides is 2. The number of pyridine rings is 1. The van der Waals surface area contributed by atoms with E-state index in [1.54, 1.807) is 6.92 Å². The van der Waals surface area contributed by atoms with Crippen molar-refractivity contribution >= 4 is 23.2 Å². The number of anilines is 1. The lowest BCUT2D eigenvalue weighted by Gasteiger charge is -2.22. The molecule has 1 aromatic heterocycles. The molecule has 22 heavy (non-hydrogen) atoms. The standard InChI is InChI=1S/C14H20ClF2N3O2/c1-8(5-16)20-10-4-12(15)18-6-9(10)13(21)19-7-11(17)14(2,3)22/h4,6,8,11,22H,5,7H2,1-3H3,(H,18,20)(H,19,21). The normalized spacial score (nSPS) is 14.3. The number of hydrogen-bond acceptors (Lipinski definition) is 4. The molecule has 1 aromatic rings. The van der Waals surface area contributed by atoms with E-state index >= 15 is 0 Å². The maximum atomic E-state index is 13.6. The SMILES string of the molecule is CC(CF)Nc1cc(Cl)ncc1C(=O)NCC(F)C(C)(C)O. The molecule has 0 bridgehead atoms. The number of aromatic nitrogens is 1. The predicted octanol–water partition coefficient (Wildman–Crippen LogP) is 2.34. The Bertz CT molecular complexity index is 523. The van der Waals surface area contributed by atoms with Crippen LogP contribution in [-0.4, -0.2) is 47.0 Å².